The van der Waals surface area contributed by atoms with Gasteiger partial charge in [0.25, 0.3) is 0 Å². The Bertz CT molecular complexity index is 1330. The van der Waals surface area contributed by atoms with Gasteiger partial charge in [0.05, 0.1) is 25.8 Å². The summed E-state index contributed by atoms with van der Waals surface area (Å²) in [6.07, 6.45) is 3.35. The average Bonchev–Trinajstić information content (AvgIpc) is 3.19. The number of rotatable bonds is 4. The van der Waals surface area contributed by atoms with Crippen LogP contribution in [-0.2, 0) is 13.1 Å². The minimum Gasteiger partial charge on any atom is -0.330 e. The van der Waals surface area contributed by atoms with E-state index in [9.17, 15) is 4.79 Å². The highest BCUT2D eigenvalue weighted by atomic mass is 32.1. The van der Waals surface area contributed by atoms with Crippen molar-refractivity contribution >= 4 is 30.6 Å². The summed E-state index contributed by atoms with van der Waals surface area (Å²) in [6, 6.07) is 16.0. The molecule has 0 bridgehead atoms. The third-order valence-corrected chi connectivity index (χ3v) is 5.61. The molecular weight excluding hydrogens is 396 g/mol. The number of thiol groups is 1. The molecule has 1 aliphatic heterocycles. The lowest BCUT2D eigenvalue weighted by atomic mass is 10.1. The summed E-state index contributed by atoms with van der Waals surface area (Å²) < 4.78 is 3.63. The number of aryl methyl sites for hydroxylation is 1. The molecule has 30 heavy (non-hydrogen) atoms. The molecule has 2 aromatic heterocycles. The van der Waals surface area contributed by atoms with Crippen molar-refractivity contribution in [3.05, 3.63) is 82.0 Å². The maximum Gasteiger partial charge on any atom is 0.327 e. The molecule has 0 amide bonds. The molecule has 0 aliphatic carbocycles. The lowest BCUT2D eigenvalue weighted by Crippen LogP contribution is -2.19. The number of nitrogens with one attached hydrogen (secondary N) is 2. The summed E-state index contributed by atoms with van der Waals surface area (Å²) >= 11 is 4.54. The molecule has 5 rings (SSSR count). The van der Waals surface area contributed by atoms with Crippen LogP contribution in [0.3, 0.4) is 0 Å². The van der Waals surface area contributed by atoms with Crippen molar-refractivity contribution in [3.8, 4) is 11.4 Å². The van der Waals surface area contributed by atoms with E-state index in [1.807, 2.05) is 54.0 Å². The molecule has 1 aliphatic rings. The van der Waals surface area contributed by atoms with Gasteiger partial charge in [0.1, 0.15) is 17.2 Å². The molecule has 0 atom stereocenters. The lowest BCUT2D eigenvalue weighted by molar-refractivity contribution is 0.770. The van der Waals surface area contributed by atoms with E-state index in [2.05, 4.69) is 39.0 Å². The van der Waals surface area contributed by atoms with Gasteiger partial charge in [0.2, 0.25) is 0 Å². The Morgan fingerprint density at radius 2 is 1.97 bits per heavy atom. The maximum absolute atomic E-state index is 12.7. The van der Waals surface area contributed by atoms with Gasteiger partial charge in [-0.15, -0.1) is 12.6 Å². The molecule has 2 N–H and O–H groups in total. The van der Waals surface area contributed by atoms with Crippen LogP contribution in [0.5, 0.6) is 0 Å². The number of H-pyrrole nitrogens is 1. The van der Waals surface area contributed by atoms with E-state index in [0.29, 0.717) is 36.1 Å². The van der Waals surface area contributed by atoms with Crippen molar-refractivity contribution in [2.45, 2.75) is 24.9 Å². The monoisotopic (exact) mass is 416 g/mol. The normalized spacial score (nSPS) is 12.2. The first kappa shape index (κ1) is 18.5. The smallest absolute Gasteiger partial charge is 0.327 e. The van der Waals surface area contributed by atoms with Crippen LogP contribution in [0.15, 0.2) is 69.5 Å². The van der Waals surface area contributed by atoms with Crippen LogP contribution < -0.4 is 11.0 Å². The van der Waals surface area contributed by atoms with E-state index in [1.165, 1.54) is 0 Å². The number of aliphatic imine (C=N–C) groups is 1. The third-order valence-electron chi connectivity index (χ3n) is 5.17. The summed E-state index contributed by atoms with van der Waals surface area (Å²) in [7, 11) is 0. The van der Waals surface area contributed by atoms with Crippen LogP contribution in [0.2, 0.25) is 0 Å². The van der Waals surface area contributed by atoms with Gasteiger partial charge in [-0.25, -0.2) is 14.8 Å². The van der Waals surface area contributed by atoms with Crippen molar-refractivity contribution in [3.63, 3.8) is 0 Å². The fourth-order valence-corrected chi connectivity index (χ4v) is 3.95. The predicted octanol–water partition coefficient (Wildman–Crippen LogP) is 3.82. The van der Waals surface area contributed by atoms with Crippen LogP contribution >= 0.6 is 12.6 Å². The quantitative estimate of drug-likeness (QED) is 0.443. The first-order valence-electron chi connectivity index (χ1n) is 9.60. The largest absolute Gasteiger partial charge is 0.330 e. The summed E-state index contributed by atoms with van der Waals surface area (Å²) in [5, 5.41) is 3.16. The second kappa shape index (κ2) is 7.38. The summed E-state index contributed by atoms with van der Waals surface area (Å²) in [6.45, 7) is 3.08. The Morgan fingerprint density at radius 3 is 2.80 bits per heavy atom. The fourth-order valence-electron chi connectivity index (χ4n) is 3.72. The van der Waals surface area contributed by atoms with E-state index in [4.69, 9.17) is 0 Å². The molecular formula is C22H20N6OS. The molecule has 0 fully saturated rings. The Hall–Kier alpha value is -3.52. The number of benzene rings is 2. The molecule has 0 radical (unpaired) electrons. The molecule has 0 unspecified atom stereocenters. The average molecular weight is 417 g/mol. The lowest BCUT2D eigenvalue weighted by Gasteiger charge is -2.08. The molecule has 7 nitrogen and oxygen atoms in total. The van der Waals surface area contributed by atoms with Gasteiger partial charge in [0.15, 0.2) is 5.82 Å². The van der Waals surface area contributed by atoms with E-state index >= 15 is 0 Å². The Balaban J connectivity index is 1.55. The van der Waals surface area contributed by atoms with Gasteiger partial charge in [-0.1, -0.05) is 48.0 Å². The summed E-state index contributed by atoms with van der Waals surface area (Å²) in [5.41, 5.74) is 4.37. The zero-order valence-electron chi connectivity index (χ0n) is 16.3. The second-order valence-electron chi connectivity index (χ2n) is 7.30. The van der Waals surface area contributed by atoms with Crippen molar-refractivity contribution in [1.82, 2.24) is 19.1 Å². The fraction of sp³-hybridized carbons (Fsp3) is 0.136. The molecule has 0 spiro atoms. The molecule has 150 valence electrons. The number of imidazole rings is 2. The van der Waals surface area contributed by atoms with Crippen molar-refractivity contribution in [2.75, 3.05) is 5.32 Å². The summed E-state index contributed by atoms with van der Waals surface area (Å²) in [5.74, 6) is 1.34. The number of hydrogen-bond acceptors (Lipinski definition) is 5. The Kier molecular flexibility index (Phi) is 4.55. The standard InChI is InChI=1S/C22H20N6OS/c1-14-5-4-6-15(9-14)10-28-21-19(26-22(28)29)18-20(23-12-24-21)27(13-25-18)11-16-7-2-3-8-17(16)30/h2-9,12-13,30H,10-11H2,1H3,(H,23,24)(H,26,29). The van der Waals surface area contributed by atoms with Crippen molar-refractivity contribution in [1.29, 1.82) is 0 Å². The number of fused-ring (bicyclic) bond motifs is 3. The number of hydrogen-bond donors (Lipinski definition) is 3. The van der Waals surface area contributed by atoms with E-state index in [0.717, 1.165) is 21.6 Å². The predicted molar refractivity (Wildman–Crippen MR) is 121 cm³/mol. The highest BCUT2D eigenvalue weighted by Crippen LogP contribution is 2.34. The zero-order valence-corrected chi connectivity index (χ0v) is 17.2. The highest BCUT2D eigenvalue weighted by molar-refractivity contribution is 7.80. The minimum absolute atomic E-state index is 0.189. The minimum atomic E-state index is -0.189. The maximum atomic E-state index is 12.7. The van der Waals surface area contributed by atoms with E-state index < -0.39 is 0 Å². The van der Waals surface area contributed by atoms with Gasteiger partial charge in [0, 0.05) is 4.90 Å². The number of aromatic nitrogens is 4. The van der Waals surface area contributed by atoms with Gasteiger partial charge in [-0.2, -0.15) is 0 Å². The molecule has 8 heteroatoms. The van der Waals surface area contributed by atoms with Gasteiger partial charge < -0.3 is 14.9 Å². The summed E-state index contributed by atoms with van der Waals surface area (Å²) in [4.78, 5) is 25.7. The molecule has 0 saturated carbocycles. The molecule has 0 saturated heterocycles. The Morgan fingerprint density at radius 1 is 1.10 bits per heavy atom. The van der Waals surface area contributed by atoms with E-state index in [1.54, 1.807) is 17.2 Å². The molecule has 4 aromatic rings. The topological polar surface area (TPSA) is 80.0 Å². The van der Waals surface area contributed by atoms with Crippen LogP contribution in [0.1, 0.15) is 16.7 Å². The first-order chi connectivity index (χ1) is 14.6. The van der Waals surface area contributed by atoms with Crippen LogP contribution in [0.4, 0.5) is 11.6 Å². The number of aromatic amines is 1. The van der Waals surface area contributed by atoms with Crippen molar-refractivity contribution in [2.24, 2.45) is 4.99 Å². The Labute approximate surface area is 178 Å². The SMILES string of the molecule is Cc1cccc(Cn2c3c([nH]c2=O)-c2ncn(Cc4ccccc4S)c2N=CN3)c1. The van der Waals surface area contributed by atoms with Gasteiger partial charge in [-0.05, 0) is 24.1 Å². The van der Waals surface area contributed by atoms with Crippen LogP contribution in [-0.4, -0.2) is 25.4 Å². The van der Waals surface area contributed by atoms with Gasteiger partial charge in [-0.3, -0.25) is 4.57 Å². The second-order valence-corrected chi connectivity index (χ2v) is 7.79. The third kappa shape index (κ3) is 3.25. The molecule has 2 aromatic carbocycles. The zero-order chi connectivity index (χ0) is 20.7. The van der Waals surface area contributed by atoms with Crippen molar-refractivity contribution < 1.29 is 0 Å². The first-order valence-corrected chi connectivity index (χ1v) is 10.0. The van der Waals surface area contributed by atoms with Crippen LogP contribution in [0.25, 0.3) is 11.4 Å². The number of anilines is 1. The van der Waals surface area contributed by atoms with E-state index in [-0.39, 0.29) is 5.69 Å². The van der Waals surface area contributed by atoms with Crippen LogP contribution in [0, 0.1) is 6.92 Å². The molecule has 3 heterocycles. The van der Waals surface area contributed by atoms with Gasteiger partial charge >= 0.3 is 5.69 Å². The number of nitrogens with zero attached hydrogens (tertiary/aromatic N) is 4. The highest BCUT2D eigenvalue weighted by Gasteiger charge is 2.23.